The van der Waals surface area contributed by atoms with Crippen molar-refractivity contribution in [2.45, 2.75) is 64.8 Å². The van der Waals surface area contributed by atoms with E-state index < -0.39 is 29.5 Å². The quantitative estimate of drug-likeness (QED) is 0.780. The fraction of sp³-hybridized carbons (Fsp3) is 0.579. The Morgan fingerprint density at radius 2 is 1.96 bits per heavy atom. The average molecular weight is 383 g/mol. The van der Waals surface area contributed by atoms with E-state index in [2.05, 4.69) is 10.3 Å². The minimum atomic E-state index is -3.04. The van der Waals surface area contributed by atoms with E-state index in [0.29, 0.717) is 5.52 Å². The molecule has 0 atom stereocenters. The molecular formula is C19H24F3N3O2. The van der Waals surface area contributed by atoms with E-state index in [4.69, 9.17) is 0 Å². The number of fused-ring (bicyclic) bond motifs is 1. The number of anilines is 1. The summed E-state index contributed by atoms with van der Waals surface area (Å²) < 4.78 is 43.4. The van der Waals surface area contributed by atoms with E-state index in [-0.39, 0.29) is 22.8 Å². The first-order valence-corrected chi connectivity index (χ1v) is 8.93. The molecule has 0 spiro atoms. The van der Waals surface area contributed by atoms with Crippen LogP contribution in [0.1, 0.15) is 53.4 Å². The second kappa shape index (κ2) is 6.14. The summed E-state index contributed by atoms with van der Waals surface area (Å²) in [6.45, 7) is 5.38. The second-order valence-corrected chi connectivity index (χ2v) is 8.41. The lowest BCUT2D eigenvalue weighted by molar-refractivity contribution is -0.129. The van der Waals surface area contributed by atoms with Crippen LogP contribution in [0, 0.1) is 11.2 Å². The van der Waals surface area contributed by atoms with Crippen LogP contribution in [0.5, 0.6) is 5.75 Å². The number of hydrogen-bond donors (Lipinski definition) is 2. The van der Waals surface area contributed by atoms with E-state index in [1.807, 2.05) is 6.92 Å². The molecule has 1 aliphatic rings. The fourth-order valence-electron chi connectivity index (χ4n) is 3.39. The van der Waals surface area contributed by atoms with Gasteiger partial charge in [-0.2, -0.15) is 0 Å². The lowest BCUT2D eigenvalue weighted by atomic mass is 9.78. The van der Waals surface area contributed by atoms with E-state index >= 15 is 0 Å². The van der Waals surface area contributed by atoms with Crippen molar-refractivity contribution in [3.8, 4) is 5.75 Å². The van der Waals surface area contributed by atoms with Crippen molar-refractivity contribution in [2.75, 3.05) is 5.32 Å². The molecular weight excluding hydrogens is 359 g/mol. The van der Waals surface area contributed by atoms with Crippen LogP contribution in [0.3, 0.4) is 0 Å². The molecule has 0 unspecified atom stereocenters. The molecule has 0 saturated heterocycles. The molecule has 2 N–H and O–H groups in total. The zero-order valence-corrected chi connectivity index (χ0v) is 15.9. The van der Waals surface area contributed by atoms with Crippen LogP contribution in [-0.2, 0) is 10.3 Å². The summed E-state index contributed by atoms with van der Waals surface area (Å²) in [6, 6.07) is 2.35. The highest BCUT2D eigenvalue weighted by atomic mass is 19.3. The Kier molecular flexibility index (Phi) is 4.44. The third kappa shape index (κ3) is 3.37. The fourth-order valence-corrected chi connectivity index (χ4v) is 3.39. The molecule has 0 bridgehead atoms. The van der Waals surface area contributed by atoms with Gasteiger partial charge in [0.2, 0.25) is 11.9 Å². The second-order valence-electron chi connectivity index (χ2n) is 8.41. The molecule has 1 saturated carbocycles. The van der Waals surface area contributed by atoms with Crippen molar-refractivity contribution in [1.82, 2.24) is 9.55 Å². The molecule has 148 valence electrons. The van der Waals surface area contributed by atoms with Crippen molar-refractivity contribution in [2.24, 2.45) is 5.41 Å². The number of benzene rings is 1. The lowest BCUT2D eigenvalue weighted by Gasteiger charge is -2.41. The van der Waals surface area contributed by atoms with Crippen LogP contribution in [0.25, 0.3) is 11.0 Å². The highest BCUT2D eigenvalue weighted by Gasteiger charge is 2.44. The Bertz CT molecular complexity index is 896. The standard InChI is InChI=1S/C19H24F3N3O2/c1-17(2,19(4,21)22)10-14(27)23-16-24-15-12(20)8-11(26)9-13(15)25(16)18(3)6-5-7-18/h8-9,26H,5-7,10H2,1-4H3,(H,23,24,27). The maximum absolute atomic E-state index is 14.3. The maximum atomic E-state index is 14.3. The van der Waals surface area contributed by atoms with Gasteiger partial charge in [-0.1, -0.05) is 13.8 Å². The molecule has 2 aromatic rings. The maximum Gasteiger partial charge on any atom is 0.250 e. The molecule has 1 heterocycles. The minimum Gasteiger partial charge on any atom is -0.508 e. The van der Waals surface area contributed by atoms with Crippen LogP contribution >= 0.6 is 0 Å². The van der Waals surface area contributed by atoms with Gasteiger partial charge in [-0.15, -0.1) is 0 Å². The average Bonchev–Trinajstić information content (AvgIpc) is 2.81. The molecule has 0 radical (unpaired) electrons. The number of aromatic hydroxyl groups is 1. The van der Waals surface area contributed by atoms with Crippen LogP contribution in [0.4, 0.5) is 19.1 Å². The summed E-state index contributed by atoms with van der Waals surface area (Å²) in [5.74, 6) is -4.50. The number of phenols is 1. The first-order valence-electron chi connectivity index (χ1n) is 8.93. The summed E-state index contributed by atoms with van der Waals surface area (Å²) in [5.41, 5.74) is -1.54. The lowest BCUT2D eigenvalue weighted by Crippen LogP contribution is -2.40. The van der Waals surface area contributed by atoms with Gasteiger partial charge >= 0.3 is 0 Å². The number of rotatable bonds is 5. The van der Waals surface area contributed by atoms with E-state index in [1.54, 1.807) is 4.57 Å². The Labute approximate surface area is 155 Å². The van der Waals surface area contributed by atoms with Crippen LogP contribution in [0.2, 0.25) is 0 Å². The van der Waals surface area contributed by atoms with Gasteiger partial charge in [-0.25, -0.2) is 18.2 Å². The molecule has 1 fully saturated rings. The molecule has 1 aromatic carbocycles. The molecule has 1 aliphatic carbocycles. The number of alkyl halides is 2. The number of amides is 1. The zero-order valence-electron chi connectivity index (χ0n) is 15.9. The van der Waals surface area contributed by atoms with Gasteiger partial charge in [0.25, 0.3) is 5.92 Å². The Morgan fingerprint density at radius 3 is 2.48 bits per heavy atom. The van der Waals surface area contributed by atoms with E-state index in [9.17, 15) is 23.1 Å². The number of carbonyl (C=O) groups excluding carboxylic acids is 1. The van der Waals surface area contributed by atoms with Gasteiger partial charge in [-0.05, 0) is 33.1 Å². The third-order valence-electron chi connectivity index (χ3n) is 5.71. The van der Waals surface area contributed by atoms with Gasteiger partial charge in [0, 0.05) is 29.5 Å². The molecule has 5 nitrogen and oxygen atoms in total. The predicted octanol–water partition coefficient (Wildman–Crippen LogP) is 4.79. The van der Waals surface area contributed by atoms with Crippen LogP contribution in [0.15, 0.2) is 12.1 Å². The van der Waals surface area contributed by atoms with Gasteiger partial charge in [0.05, 0.1) is 5.52 Å². The van der Waals surface area contributed by atoms with Crippen molar-refractivity contribution in [3.63, 3.8) is 0 Å². The zero-order chi connectivity index (χ0) is 20.2. The van der Waals surface area contributed by atoms with E-state index in [0.717, 1.165) is 32.3 Å². The molecule has 1 aromatic heterocycles. The molecule has 1 amide bonds. The van der Waals surface area contributed by atoms with Gasteiger partial charge in [0.1, 0.15) is 11.3 Å². The number of aromatic nitrogens is 2. The van der Waals surface area contributed by atoms with Crippen molar-refractivity contribution in [1.29, 1.82) is 0 Å². The van der Waals surface area contributed by atoms with Crippen molar-refractivity contribution >= 4 is 22.9 Å². The first-order chi connectivity index (χ1) is 12.3. The summed E-state index contributed by atoms with van der Waals surface area (Å²) >= 11 is 0. The summed E-state index contributed by atoms with van der Waals surface area (Å²) in [6.07, 6.45) is 2.17. The van der Waals surface area contributed by atoms with Gasteiger partial charge in [0.15, 0.2) is 5.82 Å². The topological polar surface area (TPSA) is 67.2 Å². The Hall–Kier alpha value is -2.25. The Balaban J connectivity index is 2.00. The molecule has 0 aliphatic heterocycles. The number of nitrogens with one attached hydrogen (secondary N) is 1. The normalized spacial score (nSPS) is 17.0. The molecule has 8 heteroatoms. The van der Waals surface area contributed by atoms with E-state index in [1.165, 1.54) is 19.9 Å². The molecule has 3 rings (SSSR count). The predicted molar refractivity (Wildman–Crippen MR) is 96.5 cm³/mol. The number of imidazole rings is 1. The first kappa shape index (κ1) is 19.5. The van der Waals surface area contributed by atoms with Crippen LogP contribution < -0.4 is 5.32 Å². The number of halogens is 3. The highest BCUT2D eigenvalue weighted by Crippen LogP contribution is 2.44. The minimum absolute atomic E-state index is 0.0244. The Morgan fingerprint density at radius 1 is 1.33 bits per heavy atom. The van der Waals surface area contributed by atoms with Gasteiger partial charge in [-0.3, -0.25) is 10.1 Å². The number of phenolic OH excluding ortho intramolecular Hbond substituents is 1. The van der Waals surface area contributed by atoms with Gasteiger partial charge < -0.3 is 9.67 Å². The SMILES string of the molecule is CC1(n2c(NC(=O)CC(C)(C)C(C)(F)F)nc3c(F)cc(O)cc32)CCC1. The third-order valence-corrected chi connectivity index (χ3v) is 5.71. The molecule has 27 heavy (non-hydrogen) atoms. The largest absolute Gasteiger partial charge is 0.508 e. The number of nitrogens with zero attached hydrogens (tertiary/aromatic N) is 2. The van der Waals surface area contributed by atoms with Crippen molar-refractivity contribution in [3.05, 3.63) is 17.9 Å². The summed E-state index contributed by atoms with van der Waals surface area (Å²) in [7, 11) is 0. The number of hydrogen-bond acceptors (Lipinski definition) is 3. The van der Waals surface area contributed by atoms with Crippen LogP contribution in [-0.4, -0.2) is 26.5 Å². The monoisotopic (exact) mass is 383 g/mol. The van der Waals surface area contributed by atoms with Crippen molar-refractivity contribution < 1.29 is 23.1 Å². The summed E-state index contributed by atoms with van der Waals surface area (Å²) in [4.78, 5) is 16.6. The smallest absolute Gasteiger partial charge is 0.250 e. The highest BCUT2D eigenvalue weighted by molar-refractivity contribution is 5.92. The number of carbonyl (C=O) groups is 1. The summed E-state index contributed by atoms with van der Waals surface area (Å²) in [5, 5.41) is 12.4.